The number of aryl methyl sites for hydroxylation is 1. The molecule has 6 heteroatoms. The first kappa shape index (κ1) is 12.6. The molecule has 0 aliphatic carbocycles. The van der Waals surface area contributed by atoms with Crippen molar-refractivity contribution in [1.29, 1.82) is 0 Å². The highest BCUT2D eigenvalue weighted by Gasteiger charge is 2.15. The lowest BCUT2D eigenvalue weighted by Gasteiger charge is -2.05. The molecule has 0 saturated heterocycles. The zero-order chi connectivity index (χ0) is 12.1. The first-order valence-electron chi connectivity index (χ1n) is 5.23. The summed E-state index contributed by atoms with van der Waals surface area (Å²) in [5, 5.41) is 3.96. The van der Waals surface area contributed by atoms with Crippen LogP contribution in [0.25, 0.3) is 0 Å². The van der Waals surface area contributed by atoms with Crippen molar-refractivity contribution in [3.63, 3.8) is 0 Å². The van der Waals surface area contributed by atoms with Gasteiger partial charge in [0.15, 0.2) is 5.82 Å². The van der Waals surface area contributed by atoms with E-state index in [0.717, 1.165) is 0 Å². The smallest absolute Gasteiger partial charge is 0.378 e. The summed E-state index contributed by atoms with van der Waals surface area (Å²) in [6, 6.07) is 0. The number of carbonyl (C=O) groups excluding carboxylic acids is 1. The highest BCUT2D eigenvalue weighted by molar-refractivity contribution is 5.84. The zero-order valence-electron chi connectivity index (χ0n) is 10.1. The number of nitrogens with zero attached hydrogens (tertiary/aromatic N) is 3. The highest BCUT2D eigenvalue weighted by Crippen LogP contribution is 2.02. The monoisotopic (exact) mass is 227 g/mol. The van der Waals surface area contributed by atoms with Crippen LogP contribution in [0.5, 0.6) is 0 Å². The molecule has 0 fully saturated rings. The average molecular weight is 227 g/mol. The first-order chi connectivity index (χ1) is 7.54. The van der Waals surface area contributed by atoms with Crippen molar-refractivity contribution < 1.29 is 14.3 Å². The normalized spacial score (nSPS) is 10.8. The van der Waals surface area contributed by atoms with Crippen molar-refractivity contribution in [2.24, 2.45) is 7.05 Å². The summed E-state index contributed by atoms with van der Waals surface area (Å²) in [5.74, 6) is 0.178. The number of ether oxygens (including phenoxy) is 2. The van der Waals surface area contributed by atoms with Crippen molar-refractivity contribution in [2.45, 2.75) is 33.5 Å². The second-order valence-corrected chi connectivity index (χ2v) is 3.56. The molecule has 0 radical (unpaired) electrons. The van der Waals surface area contributed by atoms with Gasteiger partial charge in [0.05, 0.1) is 12.7 Å². The Labute approximate surface area is 94.6 Å². The van der Waals surface area contributed by atoms with Gasteiger partial charge in [-0.15, -0.1) is 5.10 Å². The fourth-order valence-electron chi connectivity index (χ4n) is 1.07. The minimum absolute atomic E-state index is 0.0757. The summed E-state index contributed by atoms with van der Waals surface area (Å²) in [6.45, 7) is 6.25. The molecule has 0 N–H and O–H groups in total. The van der Waals surface area contributed by atoms with Crippen molar-refractivity contribution >= 4 is 5.97 Å². The molecule has 0 atom stereocenters. The van der Waals surface area contributed by atoms with E-state index < -0.39 is 5.97 Å². The van der Waals surface area contributed by atoms with Crippen LogP contribution in [0, 0.1) is 0 Å². The largest absolute Gasteiger partial charge is 0.460 e. The first-order valence-corrected chi connectivity index (χ1v) is 5.23. The molecule has 90 valence electrons. The minimum atomic E-state index is -0.506. The fourth-order valence-corrected chi connectivity index (χ4v) is 1.07. The Bertz CT molecular complexity index is 360. The maximum atomic E-state index is 11.3. The molecule has 0 amide bonds. The second kappa shape index (κ2) is 5.60. The van der Waals surface area contributed by atoms with E-state index in [0.29, 0.717) is 19.0 Å². The molecule has 0 saturated carbocycles. The number of hydrogen-bond donors (Lipinski definition) is 0. The number of rotatable bonds is 5. The molecule has 1 aromatic rings. The van der Waals surface area contributed by atoms with Crippen LogP contribution in [0.4, 0.5) is 0 Å². The summed E-state index contributed by atoms with van der Waals surface area (Å²) < 4.78 is 11.7. The highest BCUT2D eigenvalue weighted by atomic mass is 16.5. The quantitative estimate of drug-likeness (QED) is 0.700. The van der Waals surface area contributed by atoms with E-state index in [2.05, 4.69) is 10.1 Å². The van der Waals surface area contributed by atoms with Crippen LogP contribution in [0.1, 0.15) is 37.2 Å². The number of esters is 1. The topological polar surface area (TPSA) is 66.2 Å². The fraction of sp³-hybridized carbons (Fsp3) is 0.700. The summed E-state index contributed by atoms with van der Waals surface area (Å²) in [7, 11) is 1.72. The average Bonchev–Trinajstić information content (AvgIpc) is 2.57. The van der Waals surface area contributed by atoms with Gasteiger partial charge in [0.1, 0.15) is 6.61 Å². The van der Waals surface area contributed by atoms with Crippen LogP contribution < -0.4 is 0 Å². The van der Waals surface area contributed by atoms with Gasteiger partial charge in [-0.2, -0.15) is 0 Å². The SMILES string of the molecule is CCOC(=O)c1nc(COC(C)C)n(C)n1. The van der Waals surface area contributed by atoms with E-state index in [-0.39, 0.29) is 11.9 Å². The molecule has 0 bridgehead atoms. The molecule has 0 spiro atoms. The van der Waals surface area contributed by atoms with Crippen molar-refractivity contribution in [3.05, 3.63) is 11.6 Å². The van der Waals surface area contributed by atoms with Crippen molar-refractivity contribution in [2.75, 3.05) is 6.61 Å². The number of aromatic nitrogens is 3. The molecule has 0 aliphatic heterocycles. The van der Waals surface area contributed by atoms with E-state index in [1.807, 2.05) is 13.8 Å². The third-order valence-corrected chi connectivity index (χ3v) is 1.86. The van der Waals surface area contributed by atoms with Gasteiger partial charge in [0, 0.05) is 7.05 Å². The molecular weight excluding hydrogens is 210 g/mol. The Hall–Kier alpha value is -1.43. The molecule has 1 aromatic heterocycles. The van der Waals surface area contributed by atoms with Crippen LogP contribution in [0.2, 0.25) is 0 Å². The van der Waals surface area contributed by atoms with Gasteiger partial charge < -0.3 is 9.47 Å². The molecule has 1 rings (SSSR count). The van der Waals surface area contributed by atoms with Gasteiger partial charge in [0.25, 0.3) is 5.82 Å². The van der Waals surface area contributed by atoms with Gasteiger partial charge in [0.2, 0.25) is 0 Å². The molecule has 0 aliphatic rings. The summed E-state index contributed by atoms with van der Waals surface area (Å²) in [4.78, 5) is 15.4. The Morgan fingerprint density at radius 3 is 2.75 bits per heavy atom. The van der Waals surface area contributed by atoms with Gasteiger partial charge in [-0.3, -0.25) is 4.68 Å². The van der Waals surface area contributed by atoms with Crippen LogP contribution >= 0.6 is 0 Å². The van der Waals surface area contributed by atoms with E-state index in [1.54, 1.807) is 14.0 Å². The molecule has 6 nitrogen and oxygen atoms in total. The van der Waals surface area contributed by atoms with Crippen molar-refractivity contribution in [3.8, 4) is 0 Å². The Kier molecular flexibility index (Phi) is 4.42. The van der Waals surface area contributed by atoms with Gasteiger partial charge in [-0.1, -0.05) is 0 Å². The molecule has 0 aromatic carbocycles. The summed E-state index contributed by atoms with van der Waals surface area (Å²) >= 11 is 0. The van der Waals surface area contributed by atoms with Crippen molar-refractivity contribution in [1.82, 2.24) is 14.8 Å². The maximum absolute atomic E-state index is 11.3. The zero-order valence-corrected chi connectivity index (χ0v) is 10.1. The molecule has 1 heterocycles. The number of hydrogen-bond acceptors (Lipinski definition) is 5. The predicted octanol–water partition coefficient (Wildman–Crippen LogP) is 0.917. The third kappa shape index (κ3) is 3.30. The Morgan fingerprint density at radius 1 is 1.50 bits per heavy atom. The maximum Gasteiger partial charge on any atom is 0.378 e. The third-order valence-electron chi connectivity index (χ3n) is 1.86. The lowest BCUT2D eigenvalue weighted by Crippen LogP contribution is -2.07. The Morgan fingerprint density at radius 2 is 2.19 bits per heavy atom. The molecule has 0 unspecified atom stereocenters. The Balaban J connectivity index is 2.69. The van der Waals surface area contributed by atoms with Crippen LogP contribution in [-0.2, 0) is 23.1 Å². The second-order valence-electron chi connectivity index (χ2n) is 3.56. The van der Waals surface area contributed by atoms with E-state index >= 15 is 0 Å². The molecule has 16 heavy (non-hydrogen) atoms. The lowest BCUT2D eigenvalue weighted by molar-refractivity contribution is 0.0510. The molecular formula is C10H17N3O3. The van der Waals surface area contributed by atoms with Crippen LogP contribution in [0.3, 0.4) is 0 Å². The van der Waals surface area contributed by atoms with Crippen LogP contribution in [-0.4, -0.2) is 33.4 Å². The predicted molar refractivity (Wildman–Crippen MR) is 56.9 cm³/mol. The van der Waals surface area contributed by atoms with E-state index in [1.165, 1.54) is 4.68 Å². The van der Waals surface area contributed by atoms with Gasteiger partial charge in [-0.05, 0) is 20.8 Å². The summed E-state index contributed by atoms with van der Waals surface area (Å²) in [6.07, 6.45) is 0.114. The minimum Gasteiger partial charge on any atom is -0.460 e. The number of carbonyl (C=O) groups is 1. The van der Waals surface area contributed by atoms with Gasteiger partial charge in [-0.25, -0.2) is 9.78 Å². The van der Waals surface area contributed by atoms with Gasteiger partial charge >= 0.3 is 5.97 Å². The lowest BCUT2D eigenvalue weighted by atomic mass is 10.5. The van der Waals surface area contributed by atoms with E-state index in [9.17, 15) is 4.79 Å². The van der Waals surface area contributed by atoms with E-state index in [4.69, 9.17) is 9.47 Å². The van der Waals surface area contributed by atoms with Crippen LogP contribution in [0.15, 0.2) is 0 Å². The standard InChI is InChI=1S/C10H17N3O3/c1-5-15-10(14)9-11-8(13(4)12-9)6-16-7(2)3/h7H,5-6H2,1-4H3. The summed E-state index contributed by atoms with van der Waals surface area (Å²) in [5.41, 5.74) is 0.